The van der Waals surface area contributed by atoms with Gasteiger partial charge in [0.15, 0.2) is 0 Å². The maximum absolute atomic E-state index is 11.3. The molecule has 0 aromatic heterocycles. The van der Waals surface area contributed by atoms with E-state index >= 15 is 0 Å². The molecule has 1 unspecified atom stereocenters. The minimum absolute atomic E-state index is 0.232. The van der Waals surface area contributed by atoms with E-state index < -0.39 is 6.10 Å². The average Bonchev–Trinajstić information content (AvgIpc) is 2.39. The zero-order chi connectivity index (χ0) is 13.9. The van der Waals surface area contributed by atoms with Crippen LogP contribution in [0.4, 0.5) is 4.79 Å². The third-order valence-corrected chi connectivity index (χ3v) is 2.49. The fraction of sp³-hybridized carbons (Fsp3) is 0.500. The molecule has 3 N–H and O–H groups in total. The number of carbonyl (C=O) groups excluding carboxylic acids is 1. The van der Waals surface area contributed by atoms with Crippen molar-refractivity contribution in [3.05, 3.63) is 35.9 Å². The molecule has 0 radical (unpaired) electrons. The van der Waals surface area contributed by atoms with Crippen molar-refractivity contribution in [2.24, 2.45) is 0 Å². The summed E-state index contributed by atoms with van der Waals surface area (Å²) in [6.45, 7) is 3.64. The summed E-state index contributed by atoms with van der Waals surface area (Å²) in [7, 11) is 0. The average molecular weight is 266 g/mol. The van der Waals surface area contributed by atoms with Crippen LogP contribution in [0.1, 0.15) is 18.9 Å². The standard InChI is InChI=1S/C14H22N2O3/c1-12(17)7-8-15-14(18)16-9-10-19-11-13-5-3-2-4-6-13/h2-6,12,17H,7-11H2,1H3,(H2,15,16,18). The smallest absolute Gasteiger partial charge is 0.314 e. The summed E-state index contributed by atoms with van der Waals surface area (Å²) in [6, 6.07) is 9.65. The monoisotopic (exact) mass is 266 g/mol. The van der Waals surface area contributed by atoms with Crippen molar-refractivity contribution in [1.82, 2.24) is 10.6 Å². The summed E-state index contributed by atoms with van der Waals surface area (Å²) < 4.78 is 5.43. The summed E-state index contributed by atoms with van der Waals surface area (Å²) >= 11 is 0. The van der Waals surface area contributed by atoms with Gasteiger partial charge in [-0.1, -0.05) is 30.3 Å². The largest absolute Gasteiger partial charge is 0.393 e. The molecule has 0 aliphatic rings. The lowest BCUT2D eigenvalue weighted by Crippen LogP contribution is -2.38. The van der Waals surface area contributed by atoms with Gasteiger partial charge in [0.05, 0.1) is 19.3 Å². The van der Waals surface area contributed by atoms with E-state index in [4.69, 9.17) is 9.84 Å². The van der Waals surface area contributed by atoms with E-state index in [2.05, 4.69) is 10.6 Å². The second-order valence-electron chi connectivity index (χ2n) is 4.36. The third-order valence-electron chi connectivity index (χ3n) is 2.49. The molecule has 0 saturated carbocycles. The van der Waals surface area contributed by atoms with Crippen molar-refractivity contribution in [2.75, 3.05) is 19.7 Å². The van der Waals surface area contributed by atoms with Crippen molar-refractivity contribution in [1.29, 1.82) is 0 Å². The van der Waals surface area contributed by atoms with Crippen LogP contribution in [0.3, 0.4) is 0 Å². The molecule has 5 nitrogen and oxygen atoms in total. The number of carbonyl (C=O) groups is 1. The van der Waals surface area contributed by atoms with E-state index in [1.54, 1.807) is 6.92 Å². The summed E-state index contributed by atoms with van der Waals surface area (Å²) in [5, 5.41) is 14.4. The minimum Gasteiger partial charge on any atom is -0.393 e. The first-order valence-electron chi connectivity index (χ1n) is 6.50. The van der Waals surface area contributed by atoms with E-state index in [1.807, 2.05) is 30.3 Å². The molecule has 1 atom stereocenters. The highest BCUT2D eigenvalue weighted by molar-refractivity contribution is 5.73. The van der Waals surface area contributed by atoms with Crippen LogP contribution in [-0.2, 0) is 11.3 Å². The summed E-state index contributed by atoms with van der Waals surface area (Å²) in [6.07, 6.45) is 0.160. The van der Waals surface area contributed by atoms with E-state index in [0.29, 0.717) is 32.7 Å². The van der Waals surface area contributed by atoms with Gasteiger partial charge in [-0.05, 0) is 18.9 Å². The van der Waals surface area contributed by atoms with Gasteiger partial charge in [0.1, 0.15) is 0 Å². The number of amides is 2. The Morgan fingerprint density at radius 1 is 1.26 bits per heavy atom. The Hall–Kier alpha value is -1.59. The molecule has 0 fully saturated rings. The summed E-state index contributed by atoms with van der Waals surface area (Å²) in [5.74, 6) is 0. The predicted molar refractivity (Wildman–Crippen MR) is 73.8 cm³/mol. The Labute approximate surface area is 114 Å². The molecule has 5 heteroatoms. The molecular formula is C14H22N2O3. The number of rotatable bonds is 8. The first-order valence-corrected chi connectivity index (χ1v) is 6.50. The quantitative estimate of drug-likeness (QED) is 0.621. The number of benzene rings is 1. The van der Waals surface area contributed by atoms with Crippen LogP contribution >= 0.6 is 0 Å². The van der Waals surface area contributed by atoms with Crippen LogP contribution in [0.5, 0.6) is 0 Å². The number of nitrogens with one attached hydrogen (secondary N) is 2. The highest BCUT2D eigenvalue weighted by Crippen LogP contribution is 1.99. The number of hydrogen-bond acceptors (Lipinski definition) is 3. The Morgan fingerprint density at radius 3 is 2.63 bits per heavy atom. The molecule has 1 aromatic rings. The SMILES string of the molecule is CC(O)CCNC(=O)NCCOCc1ccccc1. The molecule has 0 bridgehead atoms. The van der Waals surface area contributed by atoms with Gasteiger partial charge in [-0.25, -0.2) is 4.79 Å². The maximum Gasteiger partial charge on any atom is 0.314 e. The summed E-state index contributed by atoms with van der Waals surface area (Å²) in [5.41, 5.74) is 1.11. The van der Waals surface area contributed by atoms with Crippen LogP contribution in [0, 0.1) is 0 Å². The fourth-order valence-corrected chi connectivity index (χ4v) is 1.46. The lowest BCUT2D eigenvalue weighted by molar-refractivity contribution is 0.123. The molecule has 19 heavy (non-hydrogen) atoms. The highest BCUT2D eigenvalue weighted by atomic mass is 16.5. The van der Waals surface area contributed by atoms with E-state index in [-0.39, 0.29) is 6.03 Å². The molecule has 106 valence electrons. The number of hydrogen-bond donors (Lipinski definition) is 3. The molecule has 0 saturated heterocycles. The van der Waals surface area contributed by atoms with Crippen LogP contribution in [0.15, 0.2) is 30.3 Å². The van der Waals surface area contributed by atoms with Gasteiger partial charge < -0.3 is 20.5 Å². The summed E-state index contributed by atoms with van der Waals surface area (Å²) in [4.78, 5) is 11.3. The van der Waals surface area contributed by atoms with Crippen molar-refractivity contribution in [3.63, 3.8) is 0 Å². The van der Waals surface area contributed by atoms with Crippen LogP contribution in [0.25, 0.3) is 0 Å². The second-order valence-corrected chi connectivity index (χ2v) is 4.36. The van der Waals surface area contributed by atoms with Crippen LogP contribution in [-0.4, -0.2) is 36.9 Å². The highest BCUT2D eigenvalue weighted by Gasteiger charge is 2.00. The van der Waals surface area contributed by atoms with Gasteiger partial charge in [-0.2, -0.15) is 0 Å². The molecule has 0 aliphatic heterocycles. The lowest BCUT2D eigenvalue weighted by atomic mass is 10.2. The number of urea groups is 1. The molecule has 2 amide bonds. The van der Waals surface area contributed by atoms with E-state index in [0.717, 1.165) is 5.56 Å². The van der Waals surface area contributed by atoms with Gasteiger partial charge in [-0.3, -0.25) is 0 Å². The molecule has 0 spiro atoms. The third kappa shape index (κ3) is 8.18. The molecule has 1 aromatic carbocycles. The van der Waals surface area contributed by atoms with Crippen LogP contribution in [0.2, 0.25) is 0 Å². The normalized spacial score (nSPS) is 11.9. The molecular weight excluding hydrogens is 244 g/mol. The van der Waals surface area contributed by atoms with Crippen molar-refractivity contribution < 1.29 is 14.6 Å². The molecule has 0 aliphatic carbocycles. The van der Waals surface area contributed by atoms with E-state index in [1.165, 1.54) is 0 Å². The Kier molecular flexibility index (Phi) is 7.62. The van der Waals surface area contributed by atoms with Gasteiger partial charge in [0.2, 0.25) is 0 Å². The first kappa shape index (κ1) is 15.5. The van der Waals surface area contributed by atoms with Crippen molar-refractivity contribution in [3.8, 4) is 0 Å². The lowest BCUT2D eigenvalue weighted by Gasteiger charge is -2.09. The topological polar surface area (TPSA) is 70.6 Å². The number of ether oxygens (including phenoxy) is 1. The zero-order valence-electron chi connectivity index (χ0n) is 11.3. The maximum atomic E-state index is 11.3. The molecule has 0 heterocycles. The van der Waals surface area contributed by atoms with Crippen LogP contribution < -0.4 is 10.6 Å². The molecule has 1 rings (SSSR count). The van der Waals surface area contributed by atoms with Crippen molar-refractivity contribution >= 4 is 6.03 Å². The Balaban J connectivity index is 1.97. The second kappa shape index (κ2) is 9.35. The number of aliphatic hydroxyl groups is 1. The minimum atomic E-state index is -0.394. The van der Waals surface area contributed by atoms with Gasteiger partial charge in [-0.15, -0.1) is 0 Å². The number of aliphatic hydroxyl groups excluding tert-OH is 1. The Morgan fingerprint density at radius 2 is 1.95 bits per heavy atom. The predicted octanol–water partition coefficient (Wildman–Crippen LogP) is 1.27. The zero-order valence-corrected chi connectivity index (χ0v) is 11.3. The van der Waals surface area contributed by atoms with Gasteiger partial charge in [0, 0.05) is 13.1 Å². The van der Waals surface area contributed by atoms with Crippen molar-refractivity contribution in [2.45, 2.75) is 26.1 Å². The van der Waals surface area contributed by atoms with Gasteiger partial charge in [0.25, 0.3) is 0 Å². The first-order chi connectivity index (χ1) is 9.18. The van der Waals surface area contributed by atoms with E-state index in [9.17, 15) is 4.79 Å². The Bertz CT molecular complexity index is 355. The fourth-order valence-electron chi connectivity index (χ4n) is 1.46. The van der Waals surface area contributed by atoms with Gasteiger partial charge >= 0.3 is 6.03 Å².